The maximum absolute atomic E-state index is 12.6. The first kappa shape index (κ1) is 15.3. The molecular weight excluding hydrogens is 272 g/mol. The van der Waals surface area contributed by atoms with Crippen LogP contribution in [0.2, 0.25) is 5.02 Å². The number of nitrogens with one attached hydrogen (secondary N) is 1. The van der Waals surface area contributed by atoms with Crippen molar-refractivity contribution in [3.8, 4) is 0 Å². The van der Waals surface area contributed by atoms with Crippen LogP contribution in [0.15, 0.2) is 24.3 Å². The SMILES string of the molecule is CC1CCNC(C(=O)N(C)C(C)c2ccc(Cl)cc2)C1. The molecule has 2 rings (SSSR count). The number of nitrogens with zero attached hydrogens (tertiary/aromatic N) is 1. The molecule has 1 aliphatic heterocycles. The van der Waals surface area contributed by atoms with Gasteiger partial charge in [0.2, 0.25) is 5.91 Å². The number of benzene rings is 1. The topological polar surface area (TPSA) is 32.3 Å². The minimum absolute atomic E-state index is 0.0431. The highest BCUT2D eigenvalue weighted by atomic mass is 35.5. The summed E-state index contributed by atoms with van der Waals surface area (Å²) in [6.07, 6.45) is 2.08. The molecule has 1 aliphatic rings. The zero-order valence-electron chi connectivity index (χ0n) is 12.4. The second-order valence-electron chi connectivity index (χ2n) is 5.81. The number of rotatable bonds is 3. The van der Waals surface area contributed by atoms with E-state index in [2.05, 4.69) is 12.2 Å². The third kappa shape index (κ3) is 3.53. The molecule has 3 unspecified atom stereocenters. The Bertz CT molecular complexity index is 460. The lowest BCUT2D eigenvalue weighted by Crippen LogP contribution is -2.49. The predicted octanol–water partition coefficient (Wildman–Crippen LogP) is 3.25. The number of carbonyl (C=O) groups is 1. The molecule has 1 heterocycles. The number of amides is 1. The Morgan fingerprint density at radius 2 is 2.05 bits per heavy atom. The molecule has 3 nitrogen and oxygen atoms in total. The van der Waals surface area contributed by atoms with Crippen LogP contribution in [0.3, 0.4) is 0 Å². The van der Waals surface area contributed by atoms with Gasteiger partial charge in [0.1, 0.15) is 0 Å². The van der Waals surface area contributed by atoms with Gasteiger partial charge >= 0.3 is 0 Å². The van der Waals surface area contributed by atoms with E-state index in [1.54, 1.807) is 0 Å². The Kier molecular flexibility index (Phi) is 5.06. The lowest BCUT2D eigenvalue weighted by atomic mass is 9.93. The summed E-state index contributed by atoms with van der Waals surface area (Å²) in [7, 11) is 1.88. The fourth-order valence-corrected chi connectivity index (χ4v) is 2.82. The lowest BCUT2D eigenvalue weighted by Gasteiger charge is -2.33. The molecule has 0 radical (unpaired) electrons. The van der Waals surface area contributed by atoms with Crippen molar-refractivity contribution in [3.05, 3.63) is 34.9 Å². The van der Waals surface area contributed by atoms with E-state index in [-0.39, 0.29) is 18.0 Å². The number of carbonyl (C=O) groups excluding carboxylic acids is 1. The zero-order chi connectivity index (χ0) is 14.7. The van der Waals surface area contributed by atoms with Crippen LogP contribution in [0.1, 0.15) is 38.3 Å². The van der Waals surface area contributed by atoms with Crippen molar-refractivity contribution in [2.45, 2.75) is 38.8 Å². The first-order chi connectivity index (χ1) is 9.49. The Balaban J connectivity index is 2.03. The van der Waals surface area contributed by atoms with Crippen molar-refractivity contribution >= 4 is 17.5 Å². The molecule has 1 aromatic carbocycles. The lowest BCUT2D eigenvalue weighted by molar-refractivity contribution is -0.135. The van der Waals surface area contributed by atoms with Gasteiger partial charge in [-0.05, 0) is 49.9 Å². The van der Waals surface area contributed by atoms with Gasteiger partial charge in [-0.1, -0.05) is 30.7 Å². The molecule has 1 aromatic rings. The molecule has 1 amide bonds. The Morgan fingerprint density at radius 3 is 2.65 bits per heavy atom. The maximum atomic E-state index is 12.6. The van der Waals surface area contributed by atoms with Crippen LogP contribution in [0.25, 0.3) is 0 Å². The highest BCUT2D eigenvalue weighted by Crippen LogP contribution is 2.23. The molecule has 20 heavy (non-hydrogen) atoms. The summed E-state index contributed by atoms with van der Waals surface area (Å²) in [6.45, 7) is 5.19. The molecule has 1 fully saturated rings. The molecule has 110 valence electrons. The van der Waals surface area contributed by atoms with Gasteiger partial charge in [0.25, 0.3) is 0 Å². The van der Waals surface area contributed by atoms with Gasteiger partial charge in [-0.15, -0.1) is 0 Å². The van der Waals surface area contributed by atoms with E-state index in [0.29, 0.717) is 5.92 Å². The van der Waals surface area contributed by atoms with Crippen LogP contribution in [-0.2, 0) is 4.79 Å². The first-order valence-electron chi connectivity index (χ1n) is 7.24. The molecule has 0 bridgehead atoms. The van der Waals surface area contributed by atoms with Gasteiger partial charge in [-0.3, -0.25) is 4.79 Å². The molecule has 0 aromatic heterocycles. The van der Waals surface area contributed by atoms with Crippen molar-refractivity contribution in [2.24, 2.45) is 5.92 Å². The number of halogens is 1. The Hall–Kier alpha value is -1.06. The predicted molar refractivity (Wildman–Crippen MR) is 82.8 cm³/mol. The van der Waals surface area contributed by atoms with Crippen LogP contribution >= 0.6 is 11.6 Å². The van der Waals surface area contributed by atoms with E-state index in [1.807, 2.05) is 43.1 Å². The maximum Gasteiger partial charge on any atom is 0.239 e. The monoisotopic (exact) mass is 294 g/mol. The first-order valence-corrected chi connectivity index (χ1v) is 7.62. The van der Waals surface area contributed by atoms with Gasteiger partial charge in [0.05, 0.1) is 12.1 Å². The van der Waals surface area contributed by atoms with Gasteiger partial charge in [-0.2, -0.15) is 0 Å². The average Bonchev–Trinajstić information content (AvgIpc) is 2.46. The van der Waals surface area contributed by atoms with E-state index in [0.717, 1.165) is 30.0 Å². The van der Waals surface area contributed by atoms with E-state index >= 15 is 0 Å². The number of hydrogen-bond acceptors (Lipinski definition) is 2. The van der Waals surface area contributed by atoms with Crippen molar-refractivity contribution < 1.29 is 4.79 Å². The number of piperidine rings is 1. The average molecular weight is 295 g/mol. The smallest absolute Gasteiger partial charge is 0.239 e. The molecule has 1 N–H and O–H groups in total. The number of hydrogen-bond donors (Lipinski definition) is 1. The third-order valence-electron chi connectivity index (χ3n) is 4.25. The summed E-state index contributed by atoms with van der Waals surface area (Å²) in [6, 6.07) is 7.71. The standard InChI is InChI=1S/C16H23ClN2O/c1-11-8-9-18-15(10-11)16(20)19(3)12(2)13-4-6-14(17)7-5-13/h4-7,11-12,15,18H,8-10H2,1-3H3. The summed E-state index contributed by atoms with van der Waals surface area (Å²) < 4.78 is 0. The van der Waals surface area contributed by atoms with E-state index in [4.69, 9.17) is 11.6 Å². The molecule has 0 spiro atoms. The quantitative estimate of drug-likeness (QED) is 0.928. The minimum Gasteiger partial charge on any atom is -0.338 e. The number of likely N-dealkylation sites (N-methyl/N-ethyl adjacent to an activating group) is 1. The highest BCUT2D eigenvalue weighted by molar-refractivity contribution is 6.30. The molecule has 0 saturated carbocycles. The van der Waals surface area contributed by atoms with E-state index in [1.165, 1.54) is 0 Å². The molecular formula is C16H23ClN2O. The van der Waals surface area contributed by atoms with Crippen molar-refractivity contribution in [1.82, 2.24) is 10.2 Å². The van der Waals surface area contributed by atoms with Crippen LogP contribution in [0.4, 0.5) is 0 Å². The van der Waals surface area contributed by atoms with Crippen molar-refractivity contribution in [2.75, 3.05) is 13.6 Å². The van der Waals surface area contributed by atoms with Crippen LogP contribution in [-0.4, -0.2) is 30.4 Å². The van der Waals surface area contributed by atoms with Gasteiger partial charge in [0.15, 0.2) is 0 Å². The largest absolute Gasteiger partial charge is 0.338 e. The van der Waals surface area contributed by atoms with Crippen molar-refractivity contribution in [3.63, 3.8) is 0 Å². The summed E-state index contributed by atoms with van der Waals surface area (Å²) in [5, 5.41) is 4.05. The van der Waals surface area contributed by atoms with Crippen LogP contribution in [0, 0.1) is 5.92 Å². The van der Waals surface area contributed by atoms with Crippen LogP contribution in [0.5, 0.6) is 0 Å². The van der Waals surface area contributed by atoms with Crippen LogP contribution < -0.4 is 5.32 Å². The van der Waals surface area contributed by atoms with E-state index < -0.39 is 0 Å². The Labute approximate surface area is 126 Å². The Morgan fingerprint density at radius 1 is 1.40 bits per heavy atom. The van der Waals surface area contributed by atoms with Gasteiger partial charge in [0, 0.05) is 12.1 Å². The van der Waals surface area contributed by atoms with Crippen molar-refractivity contribution in [1.29, 1.82) is 0 Å². The summed E-state index contributed by atoms with van der Waals surface area (Å²) in [5.41, 5.74) is 1.11. The third-order valence-corrected chi connectivity index (χ3v) is 4.50. The summed E-state index contributed by atoms with van der Waals surface area (Å²) in [5.74, 6) is 0.795. The minimum atomic E-state index is -0.0431. The normalized spacial score (nSPS) is 24.2. The highest BCUT2D eigenvalue weighted by Gasteiger charge is 2.29. The zero-order valence-corrected chi connectivity index (χ0v) is 13.2. The van der Waals surface area contributed by atoms with Gasteiger partial charge in [-0.25, -0.2) is 0 Å². The van der Waals surface area contributed by atoms with E-state index in [9.17, 15) is 4.79 Å². The second-order valence-corrected chi connectivity index (χ2v) is 6.25. The summed E-state index contributed by atoms with van der Waals surface area (Å²) in [4.78, 5) is 14.4. The molecule has 3 atom stereocenters. The van der Waals surface area contributed by atoms with Gasteiger partial charge < -0.3 is 10.2 Å². The molecule has 1 saturated heterocycles. The fourth-order valence-electron chi connectivity index (χ4n) is 2.70. The fraction of sp³-hybridized carbons (Fsp3) is 0.562. The molecule has 4 heteroatoms. The summed E-state index contributed by atoms with van der Waals surface area (Å²) >= 11 is 5.91. The molecule has 0 aliphatic carbocycles. The second kappa shape index (κ2) is 6.59.